The van der Waals surface area contributed by atoms with Gasteiger partial charge in [-0.1, -0.05) is 234 Å². The van der Waals surface area contributed by atoms with Crippen molar-refractivity contribution >= 4 is 11.9 Å². The van der Waals surface area contributed by atoms with Crippen molar-refractivity contribution in [2.45, 2.75) is 279 Å². The number of aliphatic carboxylic acids is 2. The van der Waals surface area contributed by atoms with Crippen LogP contribution in [0.25, 0.3) is 0 Å². The molecule has 0 unspecified atom stereocenters. The van der Waals surface area contributed by atoms with Gasteiger partial charge in [0, 0.05) is 0 Å². The standard InChI is InChI=1S/2C24H51N.C3H4O4/c2*1-4-7-10-13-16-19-22-25(23-20-17-14-11-8-5-2)24-21-18-15-12-9-6-3;4-2(5)1-3(6)7/h2*4-24H2,1-3H3;1H2,(H,4,5)(H,6,7). The fourth-order valence-electron chi connectivity index (χ4n) is 7.49. The van der Waals surface area contributed by atoms with Crippen LogP contribution >= 0.6 is 0 Å². The quantitative estimate of drug-likeness (QED) is 0.0471. The summed E-state index contributed by atoms with van der Waals surface area (Å²) in [6.45, 7) is 22.0. The molecule has 6 heteroatoms. The van der Waals surface area contributed by atoms with E-state index in [2.05, 4.69) is 51.3 Å². The Kier molecular flexibility index (Phi) is 57.9. The van der Waals surface area contributed by atoms with E-state index in [1.807, 2.05) is 0 Å². The highest BCUT2D eigenvalue weighted by atomic mass is 16.4. The Balaban J connectivity index is -0.000000875. The molecule has 0 fully saturated rings. The van der Waals surface area contributed by atoms with Crippen LogP contribution in [0.4, 0.5) is 0 Å². The molecule has 0 bridgehead atoms. The molecule has 0 heterocycles. The van der Waals surface area contributed by atoms with Crippen LogP contribution in [0.3, 0.4) is 0 Å². The second kappa shape index (κ2) is 54.9. The van der Waals surface area contributed by atoms with E-state index in [1.165, 1.54) is 270 Å². The SMILES string of the molecule is CCCCCCCCN(CCCCCCCC)CCCCCCCC.CCCCCCCCN(CCCCCCCC)CCCCCCCC.O=C(O)CC(=O)O. The Bertz CT molecular complexity index is 613. The normalized spacial score (nSPS) is 11.1. The monoisotopic (exact) mass is 811 g/mol. The van der Waals surface area contributed by atoms with Crippen LogP contribution in [0.5, 0.6) is 0 Å². The van der Waals surface area contributed by atoms with Crippen molar-refractivity contribution in [3.63, 3.8) is 0 Å². The molecule has 0 saturated heterocycles. The van der Waals surface area contributed by atoms with E-state index in [-0.39, 0.29) is 0 Å². The highest BCUT2D eigenvalue weighted by Gasteiger charge is 2.07. The minimum atomic E-state index is -1.31. The van der Waals surface area contributed by atoms with Gasteiger partial charge in [-0.05, 0) is 77.8 Å². The fourth-order valence-corrected chi connectivity index (χ4v) is 7.49. The second-order valence-corrected chi connectivity index (χ2v) is 17.3. The molecule has 0 rings (SSSR count). The van der Waals surface area contributed by atoms with Crippen LogP contribution < -0.4 is 0 Å². The number of nitrogens with zero attached hydrogens (tertiary/aromatic N) is 2. The number of rotatable bonds is 44. The maximum absolute atomic E-state index is 9.43. The van der Waals surface area contributed by atoms with Crippen LogP contribution in [0.1, 0.15) is 279 Å². The Hall–Kier alpha value is -1.14. The maximum Gasteiger partial charge on any atom is 0.314 e. The summed E-state index contributed by atoms with van der Waals surface area (Å²) >= 11 is 0. The molecular weight excluding hydrogens is 705 g/mol. The van der Waals surface area contributed by atoms with E-state index in [0.29, 0.717) is 0 Å². The van der Waals surface area contributed by atoms with E-state index in [9.17, 15) is 9.59 Å². The van der Waals surface area contributed by atoms with Gasteiger partial charge in [-0.2, -0.15) is 0 Å². The molecule has 0 aromatic carbocycles. The number of carboxylic acid groups (broad SMARTS) is 2. The molecular formula is C51H106N2O4. The number of hydrogen-bond donors (Lipinski definition) is 2. The summed E-state index contributed by atoms with van der Waals surface area (Å²) in [5.41, 5.74) is 0. The van der Waals surface area contributed by atoms with E-state index >= 15 is 0 Å². The van der Waals surface area contributed by atoms with Crippen molar-refractivity contribution in [2.24, 2.45) is 0 Å². The van der Waals surface area contributed by atoms with Crippen LogP contribution in [-0.2, 0) is 9.59 Å². The molecule has 0 aliphatic rings. The molecule has 6 nitrogen and oxygen atoms in total. The van der Waals surface area contributed by atoms with Gasteiger partial charge in [0.05, 0.1) is 0 Å². The number of hydrogen-bond acceptors (Lipinski definition) is 4. The average Bonchev–Trinajstić information content (AvgIpc) is 3.19. The van der Waals surface area contributed by atoms with Crippen molar-refractivity contribution in [1.82, 2.24) is 9.80 Å². The molecule has 0 amide bonds. The van der Waals surface area contributed by atoms with E-state index in [1.54, 1.807) is 0 Å². The molecule has 0 aromatic heterocycles. The van der Waals surface area contributed by atoms with Gasteiger partial charge >= 0.3 is 11.9 Å². The number of carbonyl (C=O) groups is 2. The summed E-state index contributed by atoms with van der Waals surface area (Å²) in [6, 6.07) is 0. The first-order chi connectivity index (χ1) is 27.8. The van der Waals surface area contributed by atoms with Crippen molar-refractivity contribution in [3.05, 3.63) is 0 Å². The van der Waals surface area contributed by atoms with Gasteiger partial charge in [0.25, 0.3) is 0 Å². The first-order valence-electron chi connectivity index (χ1n) is 25.7. The zero-order chi connectivity index (χ0) is 42.7. The van der Waals surface area contributed by atoms with Gasteiger partial charge in [0.2, 0.25) is 0 Å². The molecule has 57 heavy (non-hydrogen) atoms. The first kappa shape index (κ1) is 60.2. The van der Waals surface area contributed by atoms with E-state index in [4.69, 9.17) is 10.2 Å². The zero-order valence-electron chi connectivity index (χ0n) is 40.0. The number of unbranched alkanes of at least 4 members (excludes halogenated alkanes) is 30. The fraction of sp³-hybridized carbons (Fsp3) is 0.961. The van der Waals surface area contributed by atoms with Gasteiger partial charge in [-0.3, -0.25) is 9.59 Å². The van der Waals surface area contributed by atoms with E-state index < -0.39 is 18.4 Å². The third kappa shape index (κ3) is 59.3. The molecule has 0 spiro atoms. The van der Waals surface area contributed by atoms with Crippen LogP contribution in [-0.4, -0.2) is 71.2 Å². The van der Waals surface area contributed by atoms with Gasteiger partial charge in [-0.25, -0.2) is 0 Å². The summed E-state index contributed by atoms with van der Waals surface area (Å²) in [7, 11) is 0. The Labute approximate surface area is 358 Å². The molecule has 2 N–H and O–H groups in total. The Morgan fingerprint density at radius 3 is 0.526 bits per heavy atom. The topological polar surface area (TPSA) is 81.1 Å². The first-order valence-corrected chi connectivity index (χ1v) is 25.7. The lowest BCUT2D eigenvalue weighted by atomic mass is 10.1. The highest BCUT2D eigenvalue weighted by molar-refractivity contribution is 5.88. The van der Waals surface area contributed by atoms with Crippen molar-refractivity contribution < 1.29 is 19.8 Å². The van der Waals surface area contributed by atoms with Crippen LogP contribution in [0.2, 0.25) is 0 Å². The third-order valence-corrected chi connectivity index (χ3v) is 11.3. The largest absolute Gasteiger partial charge is 0.481 e. The lowest BCUT2D eigenvalue weighted by molar-refractivity contribution is -0.147. The summed E-state index contributed by atoms with van der Waals surface area (Å²) in [4.78, 5) is 24.4. The van der Waals surface area contributed by atoms with Gasteiger partial charge in [-0.15, -0.1) is 0 Å². The Morgan fingerprint density at radius 2 is 0.404 bits per heavy atom. The number of carboxylic acids is 2. The summed E-state index contributed by atoms with van der Waals surface area (Å²) in [5, 5.41) is 15.4. The van der Waals surface area contributed by atoms with Crippen LogP contribution in [0.15, 0.2) is 0 Å². The zero-order valence-corrected chi connectivity index (χ0v) is 40.0. The van der Waals surface area contributed by atoms with Gasteiger partial charge in [0.15, 0.2) is 0 Å². The molecule has 344 valence electrons. The minimum absolute atomic E-state index is 0.806. The summed E-state index contributed by atoms with van der Waals surface area (Å²) in [6.07, 6.45) is 50.6. The maximum atomic E-state index is 9.43. The third-order valence-electron chi connectivity index (χ3n) is 11.3. The summed E-state index contributed by atoms with van der Waals surface area (Å²) < 4.78 is 0. The van der Waals surface area contributed by atoms with Gasteiger partial charge < -0.3 is 20.0 Å². The van der Waals surface area contributed by atoms with E-state index in [0.717, 1.165) is 0 Å². The average molecular weight is 811 g/mol. The van der Waals surface area contributed by atoms with Crippen molar-refractivity contribution in [2.75, 3.05) is 39.3 Å². The predicted octanol–water partition coefficient (Wildman–Crippen LogP) is 16.3. The molecule has 0 saturated carbocycles. The molecule has 0 atom stereocenters. The van der Waals surface area contributed by atoms with Crippen molar-refractivity contribution in [3.8, 4) is 0 Å². The molecule has 0 radical (unpaired) electrons. The Morgan fingerprint density at radius 1 is 0.263 bits per heavy atom. The van der Waals surface area contributed by atoms with Gasteiger partial charge in [0.1, 0.15) is 6.42 Å². The minimum Gasteiger partial charge on any atom is -0.481 e. The predicted molar refractivity (Wildman–Crippen MR) is 253 cm³/mol. The molecule has 0 aliphatic heterocycles. The second-order valence-electron chi connectivity index (χ2n) is 17.3. The lowest BCUT2D eigenvalue weighted by Crippen LogP contribution is -2.27. The molecule has 0 aliphatic carbocycles. The summed E-state index contributed by atoms with van der Waals surface area (Å²) in [5.74, 6) is -2.62. The highest BCUT2D eigenvalue weighted by Crippen LogP contribution is 2.13. The van der Waals surface area contributed by atoms with Crippen LogP contribution in [0, 0.1) is 0 Å². The smallest absolute Gasteiger partial charge is 0.314 e. The lowest BCUT2D eigenvalue weighted by Gasteiger charge is -2.22. The molecule has 0 aromatic rings. The van der Waals surface area contributed by atoms with Crippen molar-refractivity contribution in [1.29, 1.82) is 0 Å².